The molecule has 1 fully saturated rings. The lowest BCUT2D eigenvalue weighted by Gasteiger charge is -2.32. The number of nitrogens with one attached hydrogen (secondary N) is 2. The van der Waals surface area contributed by atoms with Gasteiger partial charge < -0.3 is 15.0 Å². The second-order valence-electron chi connectivity index (χ2n) is 11.8. The summed E-state index contributed by atoms with van der Waals surface area (Å²) >= 11 is 0. The average molecular weight is 560 g/mol. The maximum absolute atomic E-state index is 13.1. The SMILES string of the molecule is COC(=O)CCC(=O)N1CCC(Cc2cccc(NC(=O)Nc3cc(C(C)(C)C)nn3-c3ccc(C)cc3)c2)CC1. The molecule has 0 spiro atoms. The molecule has 3 amide bonds. The Bertz CT molecular complexity index is 1370. The molecule has 2 aromatic carbocycles. The molecule has 9 nitrogen and oxygen atoms in total. The number of urea groups is 1. The zero-order valence-corrected chi connectivity index (χ0v) is 24.7. The van der Waals surface area contributed by atoms with Crippen LogP contribution >= 0.6 is 0 Å². The van der Waals surface area contributed by atoms with Gasteiger partial charge in [0.25, 0.3) is 0 Å². The highest BCUT2D eigenvalue weighted by atomic mass is 16.5. The Morgan fingerprint density at radius 3 is 2.34 bits per heavy atom. The van der Waals surface area contributed by atoms with Gasteiger partial charge >= 0.3 is 12.0 Å². The highest BCUT2D eigenvalue weighted by Crippen LogP contribution is 2.27. The van der Waals surface area contributed by atoms with Gasteiger partial charge in [0.1, 0.15) is 5.82 Å². The average Bonchev–Trinajstić information content (AvgIpc) is 3.36. The number of likely N-dealkylation sites (tertiary alicyclic amines) is 1. The van der Waals surface area contributed by atoms with Crippen molar-refractivity contribution in [1.82, 2.24) is 14.7 Å². The van der Waals surface area contributed by atoms with Crippen LogP contribution in [0.1, 0.15) is 63.3 Å². The van der Waals surface area contributed by atoms with Crippen molar-refractivity contribution in [3.05, 3.63) is 71.4 Å². The quantitative estimate of drug-likeness (QED) is 0.337. The number of nitrogens with zero attached hydrogens (tertiary/aromatic N) is 3. The van der Waals surface area contributed by atoms with Gasteiger partial charge in [0.15, 0.2) is 0 Å². The van der Waals surface area contributed by atoms with Crippen molar-refractivity contribution in [2.45, 2.75) is 65.2 Å². The van der Waals surface area contributed by atoms with E-state index in [0.717, 1.165) is 41.8 Å². The van der Waals surface area contributed by atoms with Gasteiger partial charge in [0.2, 0.25) is 5.91 Å². The van der Waals surface area contributed by atoms with Crippen LogP contribution in [0.5, 0.6) is 0 Å². The first-order valence-corrected chi connectivity index (χ1v) is 14.2. The minimum atomic E-state index is -0.359. The van der Waals surface area contributed by atoms with Gasteiger partial charge in [0.05, 0.1) is 24.9 Å². The van der Waals surface area contributed by atoms with Crippen molar-refractivity contribution >= 4 is 29.4 Å². The van der Waals surface area contributed by atoms with Crippen molar-refractivity contribution in [1.29, 1.82) is 0 Å². The number of aryl methyl sites for hydroxylation is 1. The number of carbonyl (C=O) groups excluding carboxylic acids is 3. The van der Waals surface area contributed by atoms with Crippen LogP contribution in [0.3, 0.4) is 0 Å². The number of rotatable bonds is 8. The highest BCUT2D eigenvalue weighted by Gasteiger charge is 2.24. The van der Waals surface area contributed by atoms with Crippen molar-refractivity contribution in [3.63, 3.8) is 0 Å². The lowest BCUT2D eigenvalue weighted by molar-refractivity contribution is -0.144. The molecule has 1 aliphatic rings. The maximum atomic E-state index is 13.1. The fourth-order valence-electron chi connectivity index (χ4n) is 4.96. The number of ether oxygens (including phenoxy) is 1. The molecule has 0 bridgehead atoms. The monoisotopic (exact) mass is 559 g/mol. The van der Waals surface area contributed by atoms with Crippen LogP contribution in [0.25, 0.3) is 5.69 Å². The smallest absolute Gasteiger partial charge is 0.324 e. The second kappa shape index (κ2) is 13.0. The lowest BCUT2D eigenvalue weighted by atomic mass is 9.90. The van der Waals surface area contributed by atoms with Gasteiger partial charge in [-0.2, -0.15) is 5.10 Å². The Morgan fingerprint density at radius 1 is 0.976 bits per heavy atom. The van der Waals surface area contributed by atoms with E-state index in [0.29, 0.717) is 30.5 Å². The molecule has 4 rings (SSSR count). The molecule has 2 heterocycles. The summed E-state index contributed by atoms with van der Waals surface area (Å²) in [6.45, 7) is 9.70. The summed E-state index contributed by atoms with van der Waals surface area (Å²) in [5.41, 5.74) is 4.58. The van der Waals surface area contributed by atoms with Crippen LogP contribution in [-0.2, 0) is 26.2 Å². The third kappa shape index (κ3) is 8.19. The molecular weight excluding hydrogens is 518 g/mol. The predicted molar refractivity (Wildman–Crippen MR) is 160 cm³/mol. The first kappa shape index (κ1) is 29.8. The zero-order chi connectivity index (χ0) is 29.6. The van der Waals surface area contributed by atoms with Crippen LogP contribution < -0.4 is 10.6 Å². The number of piperidine rings is 1. The summed E-state index contributed by atoms with van der Waals surface area (Å²) in [5.74, 6) is 0.690. The molecule has 0 saturated carbocycles. The normalized spacial score (nSPS) is 14.0. The van der Waals surface area contributed by atoms with Crippen molar-refractivity contribution in [3.8, 4) is 5.69 Å². The largest absolute Gasteiger partial charge is 0.469 e. The number of hydrogen-bond donors (Lipinski definition) is 2. The standard InChI is InChI=1S/C32H41N5O4/c1-22-9-11-26(12-10-22)37-28(21-27(35-37)32(2,3)4)34-31(40)33-25-8-6-7-24(20-25)19-23-15-17-36(18-16-23)29(38)13-14-30(39)41-5/h6-12,20-21,23H,13-19H2,1-5H3,(H2,33,34,40). The fourth-order valence-corrected chi connectivity index (χ4v) is 4.96. The van der Waals surface area contributed by atoms with Gasteiger partial charge in [-0.3, -0.25) is 14.9 Å². The van der Waals surface area contributed by atoms with Crippen molar-refractivity contribution in [2.24, 2.45) is 5.92 Å². The van der Waals surface area contributed by atoms with Crippen LogP contribution in [0, 0.1) is 12.8 Å². The summed E-state index contributed by atoms with van der Waals surface area (Å²) in [4.78, 5) is 38.6. The summed E-state index contributed by atoms with van der Waals surface area (Å²) in [7, 11) is 1.33. The Labute approximate surface area is 242 Å². The molecule has 3 aromatic rings. The minimum Gasteiger partial charge on any atom is -0.469 e. The molecule has 0 radical (unpaired) electrons. The van der Waals surface area contributed by atoms with Crippen molar-refractivity contribution in [2.75, 3.05) is 30.8 Å². The van der Waals surface area contributed by atoms with E-state index in [4.69, 9.17) is 5.10 Å². The van der Waals surface area contributed by atoms with E-state index < -0.39 is 0 Å². The topological polar surface area (TPSA) is 106 Å². The molecule has 1 aromatic heterocycles. The Balaban J connectivity index is 1.35. The van der Waals surface area contributed by atoms with Crippen LogP contribution in [0.2, 0.25) is 0 Å². The number of aromatic nitrogens is 2. The fraction of sp³-hybridized carbons (Fsp3) is 0.438. The molecule has 1 aliphatic heterocycles. The number of hydrogen-bond acceptors (Lipinski definition) is 5. The van der Waals surface area contributed by atoms with E-state index in [1.165, 1.54) is 7.11 Å². The lowest BCUT2D eigenvalue weighted by Crippen LogP contribution is -2.39. The second-order valence-corrected chi connectivity index (χ2v) is 11.8. The molecule has 218 valence electrons. The minimum absolute atomic E-state index is 0.00408. The number of benzene rings is 2. The Morgan fingerprint density at radius 2 is 1.68 bits per heavy atom. The van der Waals surface area contributed by atoms with Crippen LogP contribution in [0.15, 0.2) is 54.6 Å². The van der Waals surface area contributed by atoms with E-state index in [-0.39, 0.29) is 36.2 Å². The van der Waals surface area contributed by atoms with E-state index >= 15 is 0 Å². The molecule has 2 N–H and O–H groups in total. The molecule has 9 heteroatoms. The van der Waals surface area contributed by atoms with Gasteiger partial charge in [-0.15, -0.1) is 0 Å². The third-order valence-electron chi connectivity index (χ3n) is 7.45. The summed E-state index contributed by atoms with van der Waals surface area (Å²) in [6, 6.07) is 17.5. The molecule has 1 saturated heterocycles. The van der Waals surface area contributed by atoms with Gasteiger partial charge in [0, 0.05) is 36.7 Å². The Hall–Kier alpha value is -4.14. The van der Waals surface area contributed by atoms with Crippen LogP contribution in [0.4, 0.5) is 16.3 Å². The van der Waals surface area contributed by atoms with E-state index in [1.807, 2.05) is 60.4 Å². The molecule has 0 unspecified atom stereocenters. The number of methoxy groups -OCH3 is 1. The molecule has 0 aliphatic carbocycles. The third-order valence-corrected chi connectivity index (χ3v) is 7.45. The van der Waals surface area contributed by atoms with E-state index in [1.54, 1.807) is 4.68 Å². The number of esters is 1. The predicted octanol–water partition coefficient (Wildman–Crippen LogP) is 5.86. The Kier molecular flexibility index (Phi) is 9.47. The maximum Gasteiger partial charge on any atom is 0.324 e. The zero-order valence-electron chi connectivity index (χ0n) is 24.7. The highest BCUT2D eigenvalue weighted by molar-refractivity contribution is 5.99. The van der Waals surface area contributed by atoms with E-state index in [9.17, 15) is 14.4 Å². The number of anilines is 2. The number of amides is 3. The first-order chi connectivity index (χ1) is 19.5. The summed E-state index contributed by atoms with van der Waals surface area (Å²) in [6.07, 6.45) is 2.99. The summed E-state index contributed by atoms with van der Waals surface area (Å²) < 4.78 is 6.40. The molecular formula is C32H41N5O4. The van der Waals surface area contributed by atoms with Crippen molar-refractivity contribution < 1.29 is 19.1 Å². The summed E-state index contributed by atoms with van der Waals surface area (Å²) in [5, 5.41) is 10.7. The molecule has 41 heavy (non-hydrogen) atoms. The van der Waals surface area contributed by atoms with Crippen LogP contribution in [-0.4, -0.2) is 52.8 Å². The van der Waals surface area contributed by atoms with Gasteiger partial charge in [-0.25, -0.2) is 9.48 Å². The number of carbonyl (C=O) groups is 3. The van der Waals surface area contributed by atoms with E-state index in [2.05, 4.69) is 42.2 Å². The molecule has 0 atom stereocenters. The van der Waals surface area contributed by atoms with Gasteiger partial charge in [-0.05, 0) is 61.9 Å². The van der Waals surface area contributed by atoms with Gasteiger partial charge in [-0.1, -0.05) is 50.6 Å². The first-order valence-electron chi connectivity index (χ1n) is 14.2.